The van der Waals surface area contributed by atoms with Crippen LogP contribution in [-0.4, -0.2) is 56.1 Å². The number of nitrogens with zero attached hydrogens (tertiary/aromatic N) is 2. The Kier molecular flexibility index (Phi) is 6.51. The van der Waals surface area contributed by atoms with Gasteiger partial charge in [0.25, 0.3) is 5.91 Å². The van der Waals surface area contributed by atoms with Crippen molar-refractivity contribution >= 4 is 27.5 Å². The summed E-state index contributed by atoms with van der Waals surface area (Å²) in [4.78, 5) is 27.9. The lowest BCUT2D eigenvalue weighted by Gasteiger charge is -2.40. The van der Waals surface area contributed by atoms with Gasteiger partial charge in [0.15, 0.2) is 0 Å². The van der Waals surface area contributed by atoms with Crippen molar-refractivity contribution in [3.05, 3.63) is 29.8 Å². The average molecular weight is 422 g/mol. The molecule has 0 spiro atoms. The number of rotatable bonds is 6. The molecular weight excluding hydrogens is 390 g/mol. The monoisotopic (exact) mass is 421 g/mol. The summed E-state index contributed by atoms with van der Waals surface area (Å²) in [5.74, 6) is -0.135. The highest BCUT2D eigenvalue weighted by Gasteiger charge is 2.42. The number of likely N-dealkylation sites (N-methyl/N-ethyl adjacent to an activating group) is 1. The fraction of sp³-hybridized carbons (Fsp3) is 0.619. The molecule has 1 aliphatic carbocycles. The molecule has 1 aliphatic heterocycles. The fourth-order valence-electron chi connectivity index (χ4n) is 4.36. The van der Waals surface area contributed by atoms with Gasteiger partial charge in [-0.25, -0.2) is 8.42 Å². The Hall–Kier alpha value is -2.09. The van der Waals surface area contributed by atoms with E-state index in [1.807, 2.05) is 13.8 Å². The second-order valence-corrected chi connectivity index (χ2v) is 9.88. The van der Waals surface area contributed by atoms with E-state index in [9.17, 15) is 18.0 Å². The number of anilines is 1. The molecule has 1 aromatic carbocycles. The van der Waals surface area contributed by atoms with Crippen LogP contribution in [0.25, 0.3) is 0 Å². The Morgan fingerprint density at radius 1 is 1.03 bits per heavy atom. The zero-order valence-electron chi connectivity index (χ0n) is 17.3. The predicted molar refractivity (Wildman–Crippen MR) is 113 cm³/mol. The van der Waals surface area contributed by atoms with Crippen LogP contribution in [0.2, 0.25) is 0 Å². The molecule has 1 saturated heterocycles. The standard InChI is InChI=1S/C21H31N3O4S/c1-3-23(4-2)20(26)21(13-6-5-7-14-21)22-19(25)17-9-11-18(12-10-17)24-15-8-16-29(24,27)28/h9-12H,3-8,13-16H2,1-2H3,(H,22,25). The minimum atomic E-state index is -3.25. The van der Waals surface area contributed by atoms with E-state index in [1.165, 1.54) is 4.31 Å². The maximum Gasteiger partial charge on any atom is 0.252 e. The van der Waals surface area contributed by atoms with Crippen molar-refractivity contribution in [2.24, 2.45) is 0 Å². The quantitative estimate of drug-likeness (QED) is 0.765. The summed E-state index contributed by atoms with van der Waals surface area (Å²) >= 11 is 0. The van der Waals surface area contributed by atoms with Crippen LogP contribution in [0.4, 0.5) is 5.69 Å². The van der Waals surface area contributed by atoms with Crippen LogP contribution in [0.5, 0.6) is 0 Å². The molecule has 1 heterocycles. The summed E-state index contributed by atoms with van der Waals surface area (Å²) in [6.07, 6.45) is 4.82. The van der Waals surface area contributed by atoms with Crippen molar-refractivity contribution < 1.29 is 18.0 Å². The Labute approximate surface area is 173 Å². The Balaban J connectivity index is 1.78. The average Bonchev–Trinajstić information content (AvgIpc) is 3.08. The second-order valence-electron chi connectivity index (χ2n) is 7.86. The normalized spacial score (nSPS) is 20.3. The van der Waals surface area contributed by atoms with Gasteiger partial charge in [-0.2, -0.15) is 0 Å². The van der Waals surface area contributed by atoms with Crippen molar-refractivity contribution in [2.45, 2.75) is 57.9 Å². The van der Waals surface area contributed by atoms with Crippen LogP contribution < -0.4 is 9.62 Å². The number of carbonyl (C=O) groups is 2. The maximum absolute atomic E-state index is 13.2. The van der Waals surface area contributed by atoms with Gasteiger partial charge in [-0.3, -0.25) is 13.9 Å². The fourth-order valence-corrected chi connectivity index (χ4v) is 5.92. The van der Waals surface area contributed by atoms with Crippen molar-refractivity contribution in [1.82, 2.24) is 10.2 Å². The van der Waals surface area contributed by atoms with Gasteiger partial charge in [-0.1, -0.05) is 19.3 Å². The summed E-state index contributed by atoms with van der Waals surface area (Å²) in [5, 5.41) is 3.04. The molecule has 1 N–H and O–H groups in total. The minimum absolute atomic E-state index is 0.00432. The molecule has 2 aliphatic rings. The number of nitrogens with one attached hydrogen (secondary N) is 1. The molecule has 0 radical (unpaired) electrons. The minimum Gasteiger partial charge on any atom is -0.341 e. The third kappa shape index (κ3) is 4.42. The molecule has 2 amide bonds. The first kappa shape index (κ1) is 21.6. The lowest BCUT2D eigenvalue weighted by Crippen LogP contribution is -2.60. The zero-order valence-corrected chi connectivity index (χ0v) is 18.1. The zero-order chi connectivity index (χ0) is 21.1. The molecule has 7 nitrogen and oxygen atoms in total. The highest BCUT2D eigenvalue weighted by atomic mass is 32.2. The molecule has 0 atom stereocenters. The number of sulfonamides is 1. The number of benzene rings is 1. The van der Waals surface area contributed by atoms with Gasteiger partial charge in [0.1, 0.15) is 5.54 Å². The van der Waals surface area contributed by atoms with Crippen molar-refractivity contribution in [1.29, 1.82) is 0 Å². The van der Waals surface area contributed by atoms with Gasteiger partial charge in [-0.05, 0) is 57.4 Å². The lowest BCUT2D eigenvalue weighted by atomic mass is 9.80. The number of hydrogen-bond donors (Lipinski definition) is 1. The van der Waals surface area contributed by atoms with E-state index in [4.69, 9.17) is 0 Å². The summed E-state index contributed by atoms with van der Waals surface area (Å²) < 4.78 is 25.6. The molecule has 29 heavy (non-hydrogen) atoms. The van der Waals surface area contributed by atoms with E-state index in [-0.39, 0.29) is 17.6 Å². The first-order valence-corrected chi connectivity index (χ1v) is 12.2. The van der Waals surface area contributed by atoms with Crippen LogP contribution in [0, 0.1) is 0 Å². The largest absolute Gasteiger partial charge is 0.341 e. The number of carbonyl (C=O) groups excluding carboxylic acids is 2. The second kappa shape index (κ2) is 8.73. The van der Waals surface area contributed by atoms with E-state index in [2.05, 4.69) is 5.32 Å². The van der Waals surface area contributed by atoms with Crippen molar-refractivity contribution in [3.8, 4) is 0 Å². The van der Waals surface area contributed by atoms with Crippen molar-refractivity contribution in [3.63, 3.8) is 0 Å². The van der Waals surface area contributed by atoms with E-state index in [0.29, 0.717) is 50.1 Å². The summed E-state index contributed by atoms with van der Waals surface area (Å²) in [7, 11) is -3.25. The van der Waals surface area contributed by atoms with Gasteiger partial charge >= 0.3 is 0 Å². The summed E-state index contributed by atoms with van der Waals surface area (Å²) in [5.41, 5.74) is 0.159. The van der Waals surface area contributed by atoms with E-state index < -0.39 is 15.6 Å². The Bertz CT molecular complexity index is 841. The Morgan fingerprint density at radius 2 is 1.66 bits per heavy atom. The molecule has 1 aromatic rings. The van der Waals surface area contributed by atoms with Crippen LogP contribution in [0.15, 0.2) is 24.3 Å². The smallest absolute Gasteiger partial charge is 0.252 e. The lowest BCUT2D eigenvalue weighted by molar-refractivity contribution is -0.139. The Morgan fingerprint density at radius 3 is 2.17 bits per heavy atom. The molecule has 1 saturated carbocycles. The van der Waals surface area contributed by atoms with Gasteiger partial charge in [-0.15, -0.1) is 0 Å². The van der Waals surface area contributed by atoms with Crippen LogP contribution >= 0.6 is 0 Å². The third-order valence-corrected chi connectivity index (χ3v) is 7.91. The molecule has 0 bridgehead atoms. The van der Waals surface area contributed by atoms with Gasteiger partial charge in [0, 0.05) is 25.2 Å². The van der Waals surface area contributed by atoms with Crippen LogP contribution in [0.1, 0.15) is 62.7 Å². The van der Waals surface area contributed by atoms with Crippen LogP contribution in [-0.2, 0) is 14.8 Å². The van der Waals surface area contributed by atoms with Crippen molar-refractivity contribution in [2.75, 3.05) is 29.7 Å². The molecule has 0 aromatic heterocycles. The number of hydrogen-bond acceptors (Lipinski definition) is 4. The van der Waals surface area contributed by atoms with E-state index in [0.717, 1.165) is 19.3 Å². The highest BCUT2D eigenvalue weighted by molar-refractivity contribution is 7.93. The van der Waals surface area contributed by atoms with Gasteiger partial charge in [0.05, 0.1) is 11.4 Å². The molecular formula is C21H31N3O4S. The summed E-state index contributed by atoms with van der Waals surface area (Å²) in [6, 6.07) is 6.60. The molecule has 3 rings (SSSR count). The molecule has 160 valence electrons. The highest BCUT2D eigenvalue weighted by Crippen LogP contribution is 2.31. The topological polar surface area (TPSA) is 86.8 Å². The first-order chi connectivity index (χ1) is 13.8. The maximum atomic E-state index is 13.2. The molecule has 8 heteroatoms. The SMILES string of the molecule is CCN(CC)C(=O)C1(NC(=O)c2ccc(N3CCCS3(=O)=O)cc2)CCCCC1. The molecule has 2 fully saturated rings. The van der Waals surface area contributed by atoms with Gasteiger partial charge in [0.2, 0.25) is 15.9 Å². The van der Waals surface area contributed by atoms with E-state index in [1.54, 1.807) is 29.2 Å². The number of amides is 2. The first-order valence-electron chi connectivity index (χ1n) is 10.6. The van der Waals surface area contributed by atoms with Gasteiger partial charge < -0.3 is 10.2 Å². The summed E-state index contributed by atoms with van der Waals surface area (Å²) in [6.45, 7) is 5.60. The third-order valence-electron chi connectivity index (χ3n) is 6.04. The molecule has 0 unspecified atom stereocenters. The van der Waals surface area contributed by atoms with Crippen LogP contribution in [0.3, 0.4) is 0 Å². The predicted octanol–water partition coefficient (Wildman–Crippen LogP) is 2.53. The van der Waals surface area contributed by atoms with E-state index >= 15 is 0 Å².